The SMILES string of the molecule is Cc1cc(=O)oc2cc(C=NNC(N)=O)ccc12. The summed E-state index contributed by atoms with van der Waals surface area (Å²) in [7, 11) is 0. The van der Waals surface area contributed by atoms with E-state index >= 15 is 0 Å². The molecule has 1 aromatic carbocycles. The molecule has 0 unspecified atom stereocenters. The van der Waals surface area contributed by atoms with Gasteiger partial charge >= 0.3 is 11.7 Å². The van der Waals surface area contributed by atoms with Crippen LogP contribution in [0.2, 0.25) is 0 Å². The summed E-state index contributed by atoms with van der Waals surface area (Å²) < 4.78 is 5.08. The second-order valence-electron chi connectivity index (χ2n) is 3.74. The first-order valence-electron chi connectivity index (χ1n) is 5.19. The number of carbonyl (C=O) groups excluding carboxylic acids is 1. The topological polar surface area (TPSA) is 97.7 Å². The lowest BCUT2D eigenvalue weighted by Gasteiger charge is -2.01. The second kappa shape index (κ2) is 4.70. The Morgan fingerprint density at radius 3 is 2.94 bits per heavy atom. The van der Waals surface area contributed by atoms with E-state index in [1.807, 2.05) is 13.0 Å². The highest BCUT2D eigenvalue weighted by Gasteiger charge is 2.02. The summed E-state index contributed by atoms with van der Waals surface area (Å²) in [6, 6.07) is 5.97. The summed E-state index contributed by atoms with van der Waals surface area (Å²) in [5.41, 5.74) is 8.55. The molecule has 1 heterocycles. The molecule has 1 aromatic heterocycles. The maximum atomic E-state index is 11.2. The zero-order chi connectivity index (χ0) is 13.1. The maximum Gasteiger partial charge on any atom is 0.336 e. The van der Waals surface area contributed by atoms with Gasteiger partial charge in [0.2, 0.25) is 0 Å². The van der Waals surface area contributed by atoms with Gasteiger partial charge < -0.3 is 10.2 Å². The van der Waals surface area contributed by atoms with Gasteiger partial charge in [0.1, 0.15) is 5.58 Å². The Morgan fingerprint density at radius 1 is 1.44 bits per heavy atom. The normalized spacial score (nSPS) is 10.9. The highest BCUT2D eigenvalue weighted by molar-refractivity contribution is 5.89. The van der Waals surface area contributed by atoms with Crippen LogP contribution in [-0.2, 0) is 0 Å². The van der Waals surface area contributed by atoms with E-state index in [1.54, 1.807) is 12.1 Å². The first-order chi connectivity index (χ1) is 8.56. The van der Waals surface area contributed by atoms with E-state index < -0.39 is 11.7 Å². The third-order valence-corrected chi connectivity index (χ3v) is 2.36. The molecule has 6 nitrogen and oxygen atoms in total. The smallest absolute Gasteiger partial charge is 0.336 e. The molecule has 92 valence electrons. The van der Waals surface area contributed by atoms with Crippen molar-refractivity contribution in [3.63, 3.8) is 0 Å². The van der Waals surface area contributed by atoms with Crippen LogP contribution in [0.1, 0.15) is 11.1 Å². The van der Waals surface area contributed by atoms with Gasteiger partial charge in [-0.3, -0.25) is 0 Å². The monoisotopic (exact) mass is 245 g/mol. The quantitative estimate of drug-likeness (QED) is 0.471. The van der Waals surface area contributed by atoms with Crippen LogP contribution in [0.15, 0.2) is 38.6 Å². The summed E-state index contributed by atoms with van der Waals surface area (Å²) in [4.78, 5) is 21.7. The van der Waals surface area contributed by atoms with Crippen molar-refractivity contribution in [1.29, 1.82) is 0 Å². The van der Waals surface area contributed by atoms with Crippen LogP contribution in [0.25, 0.3) is 11.0 Å². The van der Waals surface area contributed by atoms with Crippen molar-refractivity contribution >= 4 is 23.2 Å². The largest absolute Gasteiger partial charge is 0.423 e. The number of aryl methyl sites for hydroxylation is 1. The number of carbonyl (C=O) groups is 1. The van der Waals surface area contributed by atoms with E-state index in [4.69, 9.17) is 10.2 Å². The lowest BCUT2D eigenvalue weighted by atomic mass is 10.1. The number of hydrogen-bond donors (Lipinski definition) is 2. The lowest BCUT2D eigenvalue weighted by molar-refractivity contribution is 0.249. The Balaban J connectivity index is 2.41. The molecule has 0 spiro atoms. The molecule has 0 atom stereocenters. The number of benzene rings is 1. The van der Waals surface area contributed by atoms with Crippen molar-refractivity contribution in [2.24, 2.45) is 10.8 Å². The molecule has 0 aliphatic rings. The Labute approximate surface area is 102 Å². The summed E-state index contributed by atoms with van der Waals surface area (Å²) in [5, 5.41) is 4.48. The Kier molecular flexibility index (Phi) is 3.09. The predicted molar refractivity (Wildman–Crippen MR) is 67.5 cm³/mol. The van der Waals surface area contributed by atoms with Gasteiger partial charge in [0.05, 0.1) is 6.21 Å². The summed E-state index contributed by atoms with van der Waals surface area (Å²) in [5.74, 6) is 0. The molecule has 0 saturated carbocycles. The molecule has 0 radical (unpaired) electrons. The van der Waals surface area contributed by atoms with Gasteiger partial charge in [-0.05, 0) is 24.1 Å². The van der Waals surface area contributed by atoms with Crippen LogP contribution in [0, 0.1) is 6.92 Å². The highest BCUT2D eigenvalue weighted by atomic mass is 16.4. The average molecular weight is 245 g/mol. The van der Waals surface area contributed by atoms with Gasteiger partial charge in [0.25, 0.3) is 0 Å². The van der Waals surface area contributed by atoms with E-state index in [2.05, 4.69) is 10.5 Å². The number of nitrogens with one attached hydrogen (secondary N) is 1. The predicted octanol–water partition coefficient (Wildman–Crippen LogP) is 1.10. The summed E-state index contributed by atoms with van der Waals surface area (Å²) in [6.07, 6.45) is 1.41. The van der Waals surface area contributed by atoms with Gasteiger partial charge in [-0.25, -0.2) is 15.0 Å². The molecule has 2 amide bonds. The van der Waals surface area contributed by atoms with Crippen molar-refractivity contribution in [2.45, 2.75) is 6.92 Å². The number of nitrogens with two attached hydrogens (primary N) is 1. The molecule has 0 aliphatic heterocycles. The van der Waals surface area contributed by atoms with E-state index in [1.165, 1.54) is 12.3 Å². The minimum atomic E-state index is -0.741. The number of fused-ring (bicyclic) bond motifs is 1. The van der Waals surface area contributed by atoms with Crippen molar-refractivity contribution in [3.05, 3.63) is 45.8 Å². The number of hydrazone groups is 1. The zero-order valence-corrected chi connectivity index (χ0v) is 9.64. The first kappa shape index (κ1) is 11.8. The van der Waals surface area contributed by atoms with Gasteiger partial charge in [0.15, 0.2) is 0 Å². The number of nitrogens with zero attached hydrogens (tertiary/aromatic N) is 1. The first-order valence-corrected chi connectivity index (χ1v) is 5.19. The van der Waals surface area contributed by atoms with Crippen LogP contribution in [0.5, 0.6) is 0 Å². The van der Waals surface area contributed by atoms with Crippen LogP contribution in [-0.4, -0.2) is 12.2 Å². The van der Waals surface area contributed by atoms with Gasteiger partial charge in [0, 0.05) is 11.5 Å². The molecule has 0 fully saturated rings. The maximum absolute atomic E-state index is 11.2. The fourth-order valence-electron chi connectivity index (χ4n) is 1.59. The van der Waals surface area contributed by atoms with E-state index in [9.17, 15) is 9.59 Å². The van der Waals surface area contributed by atoms with E-state index in [-0.39, 0.29) is 0 Å². The van der Waals surface area contributed by atoms with Crippen molar-refractivity contribution in [2.75, 3.05) is 0 Å². The van der Waals surface area contributed by atoms with E-state index in [0.717, 1.165) is 10.9 Å². The lowest BCUT2D eigenvalue weighted by Crippen LogP contribution is -2.24. The van der Waals surface area contributed by atoms with Crippen LogP contribution in [0.4, 0.5) is 4.79 Å². The molecule has 18 heavy (non-hydrogen) atoms. The van der Waals surface area contributed by atoms with Crippen LogP contribution >= 0.6 is 0 Å². The van der Waals surface area contributed by atoms with Crippen LogP contribution in [0.3, 0.4) is 0 Å². The van der Waals surface area contributed by atoms with Crippen molar-refractivity contribution < 1.29 is 9.21 Å². The minimum absolute atomic E-state index is 0.399. The van der Waals surface area contributed by atoms with Crippen molar-refractivity contribution in [1.82, 2.24) is 5.43 Å². The van der Waals surface area contributed by atoms with Crippen molar-refractivity contribution in [3.8, 4) is 0 Å². The standard InChI is InChI=1S/C12H11N3O3/c1-7-4-11(16)18-10-5-8(2-3-9(7)10)6-14-15-12(13)17/h2-6H,1H3,(H3,13,15,17). The molecular formula is C12H11N3O3. The van der Waals surface area contributed by atoms with Gasteiger partial charge in [-0.15, -0.1) is 0 Å². The summed E-state index contributed by atoms with van der Waals surface area (Å²) >= 11 is 0. The zero-order valence-electron chi connectivity index (χ0n) is 9.64. The number of hydrogen-bond acceptors (Lipinski definition) is 4. The molecule has 0 saturated heterocycles. The third kappa shape index (κ3) is 2.54. The molecule has 2 rings (SSSR count). The molecule has 0 aliphatic carbocycles. The van der Waals surface area contributed by atoms with Gasteiger partial charge in [-0.1, -0.05) is 12.1 Å². The second-order valence-corrected chi connectivity index (χ2v) is 3.74. The minimum Gasteiger partial charge on any atom is -0.423 e. The molecule has 2 aromatic rings. The number of primary amides is 1. The molecule has 6 heteroatoms. The van der Waals surface area contributed by atoms with Crippen LogP contribution < -0.4 is 16.8 Å². The van der Waals surface area contributed by atoms with E-state index in [0.29, 0.717) is 11.1 Å². The molecular weight excluding hydrogens is 234 g/mol. The fourth-order valence-corrected chi connectivity index (χ4v) is 1.59. The highest BCUT2D eigenvalue weighted by Crippen LogP contribution is 2.16. The number of rotatable bonds is 2. The average Bonchev–Trinajstić information content (AvgIpc) is 2.27. The Bertz CT molecular complexity index is 689. The number of urea groups is 1. The fraction of sp³-hybridized carbons (Fsp3) is 0.0833. The number of amides is 2. The third-order valence-electron chi connectivity index (χ3n) is 2.36. The molecule has 3 N–H and O–H groups in total. The molecule has 0 bridgehead atoms. The Morgan fingerprint density at radius 2 is 2.22 bits per heavy atom. The Hall–Kier alpha value is -2.63. The van der Waals surface area contributed by atoms with Gasteiger partial charge in [-0.2, -0.15) is 5.10 Å². The summed E-state index contributed by atoms with van der Waals surface area (Å²) in [6.45, 7) is 1.83.